The van der Waals surface area contributed by atoms with Crippen molar-refractivity contribution in [3.63, 3.8) is 0 Å². The minimum absolute atomic E-state index is 0.0833. The highest BCUT2D eigenvalue weighted by Gasteiger charge is 2.04. The van der Waals surface area contributed by atoms with Gasteiger partial charge in [0.15, 0.2) is 0 Å². The number of rotatable bonds is 2. The lowest BCUT2D eigenvalue weighted by Crippen LogP contribution is -1.99. The smallest absolute Gasteiger partial charge is 0.335 e. The van der Waals surface area contributed by atoms with Crippen LogP contribution in [0.25, 0.3) is 0 Å². The van der Waals surface area contributed by atoms with Crippen LogP contribution in [0.3, 0.4) is 0 Å². The maximum atomic E-state index is 10.3. The molecule has 4 N–H and O–H groups in total. The van der Waals surface area contributed by atoms with E-state index in [0.717, 1.165) is 5.69 Å². The number of nitrogens with two attached hydrogens (primary N) is 1. The predicted molar refractivity (Wildman–Crippen MR) is 76.0 cm³/mol. The second kappa shape index (κ2) is 6.94. The van der Waals surface area contributed by atoms with Gasteiger partial charge in [0.05, 0.1) is 11.1 Å². The van der Waals surface area contributed by atoms with Crippen LogP contribution in [-0.2, 0) is 0 Å². The summed E-state index contributed by atoms with van der Waals surface area (Å²) in [5, 5.41) is 16.9. The molecule has 0 aliphatic carbocycles. The van der Waals surface area contributed by atoms with E-state index in [2.05, 4.69) is 0 Å². The molecular formula is C15H15NO4. The molecular weight excluding hydrogens is 258 g/mol. The number of aryl methyl sites for hydroxylation is 1. The normalized spacial score (nSPS) is 9.25. The predicted octanol–water partition coefficient (Wildman–Crippen LogP) is 2.66. The van der Waals surface area contributed by atoms with E-state index in [1.54, 1.807) is 0 Å². The summed E-state index contributed by atoms with van der Waals surface area (Å²) in [6.07, 6.45) is 0. The third-order valence-electron chi connectivity index (χ3n) is 2.46. The first kappa shape index (κ1) is 15.2. The van der Waals surface area contributed by atoms with E-state index in [4.69, 9.17) is 15.9 Å². The SMILES string of the molecule is Cc1ccc(N)cc1.O=C(O)c1ccc(C(=O)O)cc1. The molecule has 5 nitrogen and oxygen atoms in total. The summed E-state index contributed by atoms with van der Waals surface area (Å²) in [6.45, 7) is 2.04. The van der Waals surface area contributed by atoms with Crippen molar-refractivity contribution >= 4 is 17.6 Å². The van der Waals surface area contributed by atoms with E-state index >= 15 is 0 Å². The van der Waals surface area contributed by atoms with E-state index in [1.807, 2.05) is 31.2 Å². The van der Waals surface area contributed by atoms with Crippen molar-refractivity contribution in [1.82, 2.24) is 0 Å². The van der Waals surface area contributed by atoms with Crippen LogP contribution in [0.15, 0.2) is 48.5 Å². The van der Waals surface area contributed by atoms with Crippen molar-refractivity contribution < 1.29 is 19.8 Å². The quantitative estimate of drug-likeness (QED) is 0.730. The van der Waals surface area contributed by atoms with E-state index in [1.165, 1.54) is 29.8 Å². The molecule has 5 heteroatoms. The molecule has 0 heterocycles. The number of carboxylic acids is 2. The maximum absolute atomic E-state index is 10.3. The summed E-state index contributed by atoms with van der Waals surface area (Å²) in [5.41, 5.74) is 7.67. The average molecular weight is 273 g/mol. The molecule has 0 aromatic heterocycles. The Labute approximate surface area is 116 Å². The van der Waals surface area contributed by atoms with Gasteiger partial charge in [-0.3, -0.25) is 0 Å². The zero-order valence-electron chi connectivity index (χ0n) is 10.9. The number of anilines is 1. The van der Waals surface area contributed by atoms with Crippen LogP contribution in [0.2, 0.25) is 0 Å². The topological polar surface area (TPSA) is 101 Å². The van der Waals surface area contributed by atoms with Gasteiger partial charge in [-0.05, 0) is 43.3 Å². The van der Waals surface area contributed by atoms with Crippen molar-refractivity contribution in [2.75, 3.05) is 5.73 Å². The Morgan fingerprint density at radius 3 is 1.40 bits per heavy atom. The van der Waals surface area contributed by atoms with Gasteiger partial charge in [-0.1, -0.05) is 17.7 Å². The lowest BCUT2D eigenvalue weighted by atomic mass is 10.1. The highest BCUT2D eigenvalue weighted by Crippen LogP contribution is 2.04. The van der Waals surface area contributed by atoms with Crippen LogP contribution in [0.4, 0.5) is 5.69 Å². The van der Waals surface area contributed by atoms with Crippen molar-refractivity contribution in [1.29, 1.82) is 0 Å². The molecule has 2 rings (SSSR count). The first-order valence-corrected chi connectivity index (χ1v) is 5.79. The molecule has 0 aliphatic heterocycles. The zero-order valence-corrected chi connectivity index (χ0v) is 10.9. The van der Waals surface area contributed by atoms with Gasteiger partial charge in [-0.25, -0.2) is 9.59 Å². The van der Waals surface area contributed by atoms with Crippen LogP contribution in [0, 0.1) is 6.92 Å². The van der Waals surface area contributed by atoms with Crippen LogP contribution in [0.1, 0.15) is 26.3 Å². The van der Waals surface area contributed by atoms with Gasteiger partial charge in [0.1, 0.15) is 0 Å². The molecule has 0 unspecified atom stereocenters. The minimum Gasteiger partial charge on any atom is -0.478 e. The summed E-state index contributed by atoms with van der Waals surface area (Å²) < 4.78 is 0. The largest absolute Gasteiger partial charge is 0.478 e. The van der Waals surface area contributed by atoms with Gasteiger partial charge in [-0.2, -0.15) is 0 Å². The Kier molecular flexibility index (Phi) is 5.29. The zero-order chi connectivity index (χ0) is 15.1. The molecule has 0 saturated heterocycles. The fourth-order valence-corrected chi connectivity index (χ4v) is 1.32. The average Bonchev–Trinajstić information content (AvgIpc) is 2.43. The number of hydrogen-bond donors (Lipinski definition) is 3. The van der Waals surface area contributed by atoms with Gasteiger partial charge in [0.2, 0.25) is 0 Å². The van der Waals surface area contributed by atoms with Crippen molar-refractivity contribution in [2.45, 2.75) is 6.92 Å². The highest BCUT2D eigenvalue weighted by molar-refractivity contribution is 5.91. The van der Waals surface area contributed by atoms with Crippen LogP contribution in [-0.4, -0.2) is 22.2 Å². The molecule has 0 spiro atoms. The third kappa shape index (κ3) is 4.81. The number of hydrogen-bond acceptors (Lipinski definition) is 3. The molecule has 104 valence electrons. The Bertz CT molecular complexity index is 534. The highest BCUT2D eigenvalue weighted by atomic mass is 16.4. The molecule has 0 fully saturated rings. The molecule has 20 heavy (non-hydrogen) atoms. The van der Waals surface area contributed by atoms with E-state index in [0.29, 0.717) is 0 Å². The third-order valence-corrected chi connectivity index (χ3v) is 2.46. The Morgan fingerprint density at radius 2 is 1.15 bits per heavy atom. The minimum atomic E-state index is -1.06. The van der Waals surface area contributed by atoms with Gasteiger partial charge >= 0.3 is 11.9 Å². The molecule has 0 bridgehead atoms. The van der Waals surface area contributed by atoms with Gasteiger partial charge < -0.3 is 15.9 Å². The van der Waals surface area contributed by atoms with Gasteiger partial charge in [0.25, 0.3) is 0 Å². The van der Waals surface area contributed by atoms with Crippen LogP contribution < -0.4 is 5.73 Å². The first-order valence-electron chi connectivity index (χ1n) is 5.79. The van der Waals surface area contributed by atoms with Crippen molar-refractivity contribution in [3.8, 4) is 0 Å². The molecule has 0 atom stereocenters. The lowest BCUT2D eigenvalue weighted by Gasteiger charge is -1.94. The summed E-state index contributed by atoms with van der Waals surface area (Å²) in [6, 6.07) is 12.8. The Hall–Kier alpha value is -2.82. The fraction of sp³-hybridized carbons (Fsp3) is 0.0667. The van der Waals surface area contributed by atoms with Crippen molar-refractivity contribution in [3.05, 3.63) is 65.2 Å². The Balaban J connectivity index is 0.000000217. The standard InChI is InChI=1S/C8H6O4.C7H9N/c9-7(10)5-1-2-6(4-3-5)8(11)12;1-6-2-4-7(8)5-3-6/h1-4H,(H,9,10)(H,11,12);2-5H,8H2,1H3. The second-order valence-corrected chi connectivity index (χ2v) is 4.10. The number of nitrogen functional groups attached to an aromatic ring is 1. The number of benzene rings is 2. The summed E-state index contributed by atoms with van der Waals surface area (Å²) in [7, 11) is 0. The number of carbonyl (C=O) groups is 2. The maximum Gasteiger partial charge on any atom is 0.335 e. The van der Waals surface area contributed by atoms with Crippen LogP contribution in [0.5, 0.6) is 0 Å². The monoisotopic (exact) mass is 273 g/mol. The molecule has 2 aromatic rings. The molecule has 0 saturated carbocycles. The molecule has 0 radical (unpaired) electrons. The van der Waals surface area contributed by atoms with Gasteiger partial charge in [0, 0.05) is 5.69 Å². The molecule has 2 aromatic carbocycles. The molecule has 0 aliphatic rings. The summed E-state index contributed by atoms with van der Waals surface area (Å²) >= 11 is 0. The molecule has 0 amide bonds. The lowest BCUT2D eigenvalue weighted by molar-refractivity contribution is 0.0681. The fourth-order valence-electron chi connectivity index (χ4n) is 1.32. The first-order chi connectivity index (χ1) is 9.40. The van der Waals surface area contributed by atoms with E-state index in [-0.39, 0.29) is 11.1 Å². The summed E-state index contributed by atoms with van der Waals surface area (Å²) in [5.74, 6) is -2.13. The number of carboxylic acid groups (broad SMARTS) is 2. The van der Waals surface area contributed by atoms with Crippen LogP contribution >= 0.6 is 0 Å². The Morgan fingerprint density at radius 1 is 0.800 bits per heavy atom. The van der Waals surface area contributed by atoms with Crippen molar-refractivity contribution in [2.24, 2.45) is 0 Å². The summed E-state index contributed by atoms with van der Waals surface area (Å²) in [4.78, 5) is 20.7. The van der Waals surface area contributed by atoms with E-state index < -0.39 is 11.9 Å². The number of aromatic carboxylic acids is 2. The van der Waals surface area contributed by atoms with Gasteiger partial charge in [-0.15, -0.1) is 0 Å². The van der Waals surface area contributed by atoms with E-state index in [9.17, 15) is 9.59 Å². The second-order valence-electron chi connectivity index (χ2n) is 4.10.